The first-order valence-corrected chi connectivity index (χ1v) is 13.3. The van der Waals surface area contributed by atoms with Crippen LogP contribution in [0.4, 0.5) is 4.39 Å². The van der Waals surface area contributed by atoms with Gasteiger partial charge in [-0.05, 0) is 25.1 Å². The lowest BCUT2D eigenvalue weighted by molar-refractivity contribution is 0.386. The van der Waals surface area contributed by atoms with Gasteiger partial charge in [0.1, 0.15) is 5.84 Å². The molecule has 8 nitrogen and oxygen atoms in total. The third-order valence-electron chi connectivity index (χ3n) is 5.16. The Kier molecular flexibility index (Phi) is 6.93. The van der Waals surface area contributed by atoms with Crippen LogP contribution in [-0.2, 0) is 10.0 Å². The van der Waals surface area contributed by atoms with E-state index in [1.54, 1.807) is 18.2 Å². The first kappa shape index (κ1) is 23.9. The van der Waals surface area contributed by atoms with E-state index < -0.39 is 15.9 Å². The average Bonchev–Trinajstić information content (AvgIpc) is 3.14. The number of nitrogens with one attached hydrogen (secondary N) is 2. The van der Waals surface area contributed by atoms with Gasteiger partial charge in [0.05, 0.1) is 20.4 Å². The highest BCUT2D eigenvalue weighted by Crippen LogP contribution is 2.27. The van der Waals surface area contributed by atoms with Crippen LogP contribution in [0.1, 0.15) is 11.1 Å². The maximum Gasteiger partial charge on any atom is 0.269 e. The van der Waals surface area contributed by atoms with Crippen molar-refractivity contribution in [3.05, 3.63) is 70.5 Å². The number of benzene rings is 1. The molecule has 0 aliphatic carbocycles. The van der Waals surface area contributed by atoms with Crippen molar-refractivity contribution in [3.63, 3.8) is 0 Å². The Balaban J connectivity index is 1.85. The zero-order valence-electron chi connectivity index (χ0n) is 17.5. The van der Waals surface area contributed by atoms with Gasteiger partial charge in [0, 0.05) is 36.4 Å². The number of halogens is 3. The summed E-state index contributed by atoms with van der Waals surface area (Å²) in [7, 11) is -3.98. The molecule has 1 aliphatic heterocycles. The Bertz CT molecular complexity index is 1370. The van der Waals surface area contributed by atoms with Gasteiger partial charge in [0.2, 0.25) is 0 Å². The topological polar surface area (TPSA) is 114 Å². The van der Waals surface area contributed by atoms with Gasteiger partial charge in [-0.1, -0.05) is 51.9 Å². The van der Waals surface area contributed by atoms with Gasteiger partial charge in [-0.3, -0.25) is 0 Å². The number of alkyl halides is 1. The van der Waals surface area contributed by atoms with Crippen LogP contribution in [0.15, 0.2) is 64.3 Å². The van der Waals surface area contributed by atoms with Crippen LogP contribution in [0, 0.1) is 6.92 Å². The predicted octanol–water partition coefficient (Wildman–Crippen LogP) is 3.08. The number of fused-ring (bicyclic) bond motifs is 1. The lowest BCUT2D eigenvalue weighted by Crippen LogP contribution is -2.55. The maximum absolute atomic E-state index is 14.5. The van der Waals surface area contributed by atoms with Crippen molar-refractivity contribution in [2.75, 3.05) is 17.5 Å². The van der Waals surface area contributed by atoms with Crippen LogP contribution >= 0.6 is 34.2 Å². The number of hydrogen-bond donors (Lipinski definition) is 3. The van der Waals surface area contributed by atoms with Crippen molar-refractivity contribution in [1.82, 2.24) is 19.6 Å². The minimum Gasteiger partial charge on any atom is -0.383 e. The van der Waals surface area contributed by atoms with E-state index in [0.29, 0.717) is 23.5 Å². The highest BCUT2D eigenvalue weighted by molar-refractivity contribution is 14.1. The molecule has 0 spiro atoms. The van der Waals surface area contributed by atoms with Gasteiger partial charge in [-0.25, -0.2) is 26.8 Å². The summed E-state index contributed by atoms with van der Waals surface area (Å²) < 4.78 is 42.4. The Labute approximate surface area is 209 Å². The molecule has 174 valence electrons. The normalized spacial score (nSPS) is 15.9. The van der Waals surface area contributed by atoms with Crippen molar-refractivity contribution in [2.45, 2.75) is 17.9 Å². The fourth-order valence-corrected chi connectivity index (χ4v) is 5.11. The van der Waals surface area contributed by atoms with Gasteiger partial charge in [0.25, 0.3) is 10.0 Å². The van der Waals surface area contributed by atoms with Gasteiger partial charge >= 0.3 is 0 Å². The predicted molar refractivity (Wildman–Crippen MR) is 136 cm³/mol. The number of aromatic nitrogens is 2. The van der Waals surface area contributed by atoms with E-state index in [0.717, 1.165) is 9.54 Å². The summed E-state index contributed by atoms with van der Waals surface area (Å²) in [6.45, 7) is 3.23. The van der Waals surface area contributed by atoms with Gasteiger partial charge in [-0.15, -0.1) is 0 Å². The number of nitrogens with two attached hydrogens (primary N) is 1. The number of hydrogen-bond acceptors (Lipinski definition) is 6. The molecule has 12 heteroatoms. The summed E-state index contributed by atoms with van der Waals surface area (Å²) in [4.78, 5) is 8.60. The molecule has 4 N–H and O–H groups in total. The summed E-state index contributed by atoms with van der Waals surface area (Å²) in [6, 6.07) is 8.07. The molecule has 3 heterocycles. The molecule has 1 fully saturated rings. The number of nitrogens with zero attached hydrogens (tertiary/aromatic N) is 3. The Morgan fingerprint density at radius 3 is 2.70 bits per heavy atom. The van der Waals surface area contributed by atoms with Crippen LogP contribution in [0.2, 0.25) is 5.02 Å². The van der Waals surface area contributed by atoms with E-state index in [4.69, 9.17) is 17.3 Å². The van der Waals surface area contributed by atoms with E-state index in [1.165, 1.54) is 24.5 Å². The molecule has 0 atom stereocenters. The molecule has 1 aliphatic rings. The molecular weight excluding hydrogens is 582 g/mol. The molecular formula is C21H21ClFIN6O2S. The summed E-state index contributed by atoms with van der Waals surface area (Å²) in [5, 5.41) is 6.82. The lowest BCUT2D eigenvalue weighted by atomic mass is 10.2. The number of amidine groups is 1. The third kappa shape index (κ3) is 4.86. The Morgan fingerprint density at radius 1 is 1.39 bits per heavy atom. The van der Waals surface area contributed by atoms with Crippen molar-refractivity contribution >= 4 is 61.1 Å². The SMILES string of the molecule is Cc1ccc(S(=O)(=O)n2cc(/C(N)=N/C(NC3CNC3)=C(/F)CI)c3cc(Cl)cnc32)cc1. The zero-order valence-corrected chi connectivity index (χ0v) is 21.2. The Morgan fingerprint density at radius 2 is 2.09 bits per heavy atom. The van der Waals surface area contributed by atoms with E-state index in [-0.39, 0.29) is 38.2 Å². The number of aryl methyl sites for hydroxylation is 1. The Hall–Kier alpha value is -2.22. The van der Waals surface area contributed by atoms with Crippen LogP contribution < -0.4 is 16.4 Å². The van der Waals surface area contributed by atoms with E-state index in [2.05, 4.69) is 20.6 Å². The van der Waals surface area contributed by atoms with E-state index in [9.17, 15) is 12.8 Å². The molecule has 0 amide bonds. The fraction of sp³-hybridized carbons (Fsp3) is 0.238. The molecule has 33 heavy (non-hydrogen) atoms. The van der Waals surface area contributed by atoms with Crippen LogP contribution in [0.3, 0.4) is 0 Å². The van der Waals surface area contributed by atoms with Gasteiger partial charge < -0.3 is 16.4 Å². The van der Waals surface area contributed by atoms with E-state index in [1.807, 2.05) is 29.5 Å². The molecule has 4 rings (SSSR count). The molecule has 0 radical (unpaired) electrons. The molecule has 0 saturated carbocycles. The first-order valence-electron chi connectivity index (χ1n) is 9.96. The summed E-state index contributed by atoms with van der Waals surface area (Å²) in [6.07, 6.45) is 2.70. The molecule has 3 aromatic rings. The number of rotatable bonds is 7. The molecule has 0 unspecified atom stereocenters. The number of pyridine rings is 1. The molecule has 0 bridgehead atoms. The third-order valence-corrected chi connectivity index (χ3v) is 7.70. The zero-order chi connectivity index (χ0) is 23.8. The van der Waals surface area contributed by atoms with Crippen LogP contribution in [0.25, 0.3) is 11.0 Å². The molecule has 1 saturated heterocycles. The summed E-state index contributed by atoms with van der Waals surface area (Å²) in [5.74, 6) is -0.500. The largest absolute Gasteiger partial charge is 0.383 e. The van der Waals surface area contributed by atoms with Crippen molar-refractivity contribution in [1.29, 1.82) is 0 Å². The van der Waals surface area contributed by atoms with Crippen LogP contribution in [-0.4, -0.2) is 46.8 Å². The van der Waals surface area contributed by atoms with Crippen molar-refractivity contribution < 1.29 is 12.8 Å². The summed E-state index contributed by atoms with van der Waals surface area (Å²) >= 11 is 8.03. The molecule has 2 aromatic heterocycles. The second-order valence-electron chi connectivity index (χ2n) is 7.57. The minimum atomic E-state index is -3.98. The smallest absolute Gasteiger partial charge is 0.269 e. The monoisotopic (exact) mass is 602 g/mol. The number of allylic oxidation sites excluding steroid dienone is 1. The average molecular weight is 603 g/mol. The highest BCUT2D eigenvalue weighted by atomic mass is 127. The quantitative estimate of drug-likeness (QED) is 0.166. The number of aliphatic imine (C=N–C) groups is 1. The second-order valence-corrected chi connectivity index (χ2v) is 10.6. The van der Waals surface area contributed by atoms with E-state index >= 15 is 0 Å². The van der Waals surface area contributed by atoms with Gasteiger partial charge in [0.15, 0.2) is 17.3 Å². The molecule has 1 aromatic carbocycles. The van der Waals surface area contributed by atoms with Crippen molar-refractivity contribution in [3.8, 4) is 0 Å². The first-order chi connectivity index (χ1) is 15.7. The fourth-order valence-electron chi connectivity index (χ4n) is 3.26. The van der Waals surface area contributed by atoms with Crippen LogP contribution in [0.5, 0.6) is 0 Å². The highest BCUT2D eigenvalue weighted by Gasteiger charge is 2.25. The second kappa shape index (κ2) is 9.57. The standard InChI is InChI=1S/C21H21ClFIN6O2S/c1-12-2-4-15(5-3-12)33(31,32)30-11-17(16-6-13(22)8-27-21(16)30)19(25)29-20(18(23)7-24)28-14-9-26-10-14/h2-6,8,11,14,26,28H,7,9-10H2,1H3,(H2,25,29)/b20-18+. The van der Waals surface area contributed by atoms with Gasteiger partial charge in [-0.2, -0.15) is 0 Å². The minimum absolute atomic E-state index is 0.0191. The summed E-state index contributed by atoms with van der Waals surface area (Å²) in [5.41, 5.74) is 7.62. The lowest BCUT2D eigenvalue weighted by Gasteiger charge is -2.29. The van der Waals surface area contributed by atoms with Crippen molar-refractivity contribution in [2.24, 2.45) is 10.7 Å². The maximum atomic E-state index is 14.5.